The molecule has 2 atom stereocenters. The Labute approximate surface area is 250 Å². The van der Waals surface area contributed by atoms with E-state index in [9.17, 15) is 9.59 Å². The Morgan fingerprint density at radius 3 is 2.63 bits per heavy atom. The Morgan fingerprint density at radius 2 is 1.81 bits per heavy atom. The largest absolute Gasteiger partial charge is 0.459 e. The number of aromatic nitrogens is 1. The van der Waals surface area contributed by atoms with E-state index in [2.05, 4.69) is 4.90 Å². The van der Waals surface area contributed by atoms with Gasteiger partial charge in [0.2, 0.25) is 19.0 Å². The van der Waals surface area contributed by atoms with Gasteiger partial charge in [-0.15, -0.1) is 0 Å². The fourth-order valence-electron chi connectivity index (χ4n) is 5.86. The lowest BCUT2D eigenvalue weighted by Crippen LogP contribution is -2.49. The van der Waals surface area contributed by atoms with Crippen LogP contribution in [0.25, 0.3) is 10.9 Å². The van der Waals surface area contributed by atoms with E-state index in [0.29, 0.717) is 26.1 Å². The van der Waals surface area contributed by atoms with Gasteiger partial charge in [0.05, 0.1) is 31.9 Å². The number of nitrogens with zero attached hydrogens (tertiary/aromatic N) is 3. The maximum absolute atomic E-state index is 13.8. The molecule has 0 radical (unpaired) electrons. The number of carbonyl (C=O) groups is 2. The van der Waals surface area contributed by atoms with Crippen LogP contribution in [-0.2, 0) is 25.5 Å². The number of para-hydroxylation sites is 1. The number of aliphatic hydroxyl groups is 1. The van der Waals surface area contributed by atoms with E-state index < -0.39 is 6.29 Å². The molecule has 1 saturated heterocycles. The summed E-state index contributed by atoms with van der Waals surface area (Å²) in [5, 5.41) is 9.92. The Bertz CT molecular complexity index is 1490. The molecular weight excluding hydrogens is 554 g/mol. The highest BCUT2D eigenvalue weighted by molar-refractivity contribution is 5.95. The quantitative estimate of drug-likeness (QED) is 0.356. The topological polar surface area (TPSA) is 112 Å². The maximum Gasteiger partial charge on any atom is 0.288 e. The van der Waals surface area contributed by atoms with Crippen LogP contribution in [-0.4, -0.2) is 97.0 Å². The average molecular weight is 592 g/mol. The third kappa shape index (κ3) is 6.54. The number of ether oxygens (including phenoxy) is 5. The maximum atomic E-state index is 13.8. The third-order valence-corrected chi connectivity index (χ3v) is 8.02. The number of piperazine rings is 1. The predicted molar refractivity (Wildman–Crippen MR) is 157 cm³/mol. The first-order valence-electron chi connectivity index (χ1n) is 14.7. The van der Waals surface area contributed by atoms with Crippen LogP contribution in [0.1, 0.15) is 35.2 Å². The summed E-state index contributed by atoms with van der Waals surface area (Å²) in [6.45, 7) is 5.86. The van der Waals surface area contributed by atoms with Gasteiger partial charge in [-0.05, 0) is 35.4 Å². The van der Waals surface area contributed by atoms with Crippen molar-refractivity contribution in [3.05, 3.63) is 71.6 Å². The number of benzene rings is 2. The number of hydrogen-bond donors (Lipinski definition) is 1. The molecular formula is C32H37N3O8. The van der Waals surface area contributed by atoms with Gasteiger partial charge in [-0.3, -0.25) is 19.1 Å². The molecule has 43 heavy (non-hydrogen) atoms. The molecule has 1 fully saturated rings. The van der Waals surface area contributed by atoms with E-state index in [1.165, 1.54) is 6.92 Å². The highest BCUT2D eigenvalue weighted by Gasteiger charge is 2.33. The molecule has 1 amide bonds. The van der Waals surface area contributed by atoms with Gasteiger partial charge in [-0.25, -0.2) is 0 Å². The summed E-state index contributed by atoms with van der Waals surface area (Å²) < 4.78 is 30.0. The highest BCUT2D eigenvalue weighted by atomic mass is 16.7. The van der Waals surface area contributed by atoms with Crippen molar-refractivity contribution in [2.24, 2.45) is 0 Å². The van der Waals surface area contributed by atoms with E-state index in [-0.39, 0.29) is 50.1 Å². The molecule has 6 rings (SSSR count). The first-order chi connectivity index (χ1) is 21.0. The molecule has 2 unspecified atom stereocenters. The van der Waals surface area contributed by atoms with Crippen molar-refractivity contribution >= 4 is 22.7 Å². The zero-order chi connectivity index (χ0) is 29.8. The fraction of sp³-hybridized carbons (Fsp3) is 0.438. The van der Waals surface area contributed by atoms with Crippen LogP contribution in [0, 0.1) is 0 Å². The third-order valence-electron chi connectivity index (χ3n) is 8.02. The lowest BCUT2D eigenvalue weighted by Gasteiger charge is -2.36. The summed E-state index contributed by atoms with van der Waals surface area (Å²) in [5.41, 5.74) is 2.90. The van der Waals surface area contributed by atoms with Crippen LogP contribution in [0.3, 0.4) is 0 Å². The van der Waals surface area contributed by atoms with Gasteiger partial charge in [0.1, 0.15) is 0 Å². The molecule has 1 N–H and O–H groups in total. The van der Waals surface area contributed by atoms with Crippen LogP contribution in [0.4, 0.5) is 0 Å². The first-order valence-corrected chi connectivity index (χ1v) is 14.7. The van der Waals surface area contributed by atoms with Crippen molar-refractivity contribution in [3.63, 3.8) is 0 Å². The molecule has 3 aliphatic heterocycles. The normalized spacial score (nSPS) is 20.2. The molecule has 3 aliphatic rings. The lowest BCUT2D eigenvalue weighted by molar-refractivity contribution is -0.157. The van der Waals surface area contributed by atoms with Gasteiger partial charge in [-0.1, -0.05) is 24.3 Å². The van der Waals surface area contributed by atoms with Gasteiger partial charge in [0.25, 0.3) is 5.91 Å². The SMILES string of the molecule is CC(=O)n1cc(C2C=C(C(=O)N3CCN(Cc4ccc5c(c4)OCO5)CC3)OC(OCCOCCO)C2)c2ccccc21. The van der Waals surface area contributed by atoms with Crippen LogP contribution < -0.4 is 9.47 Å². The van der Waals surface area contributed by atoms with Crippen molar-refractivity contribution in [2.45, 2.75) is 32.1 Å². The summed E-state index contributed by atoms with van der Waals surface area (Å²) in [6.07, 6.45) is 3.54. The van der Waals surface area contributed by atoms with E-state index in [0.717, 1.165) is 53.2 Å². The Balaban J connectivity index is 1.16. The molecule has 2 aromatic carbocycles. The number of amides is 1. The number of fused-ring (bicyclic) bond motifs is 2. The van der Waals surface area contributed by atoms with Gasteiger partial charge >= 0.3 is 0 Å². The minimum atomic E-state index is -0.668. The molecule has 11 nitrogen and oxygen atoms in total. The molecule has 0 aliphatic carbocycles. The Kier molecular flexibility index (Phi) is 8.94. The number of carbonyl (C=O) groups excluding carboxylic acids is 2. The molecule has 0 bridgehead atoms. The highest BCUT2D eigenvalue weighted by Crippen LogP contribution is 2.37. The molecule has 0 spiro atoms. The molecule has 11 heteroatoms. The number of rotatable bonds is 10. The Morgan fingerprint density at radius 1 is 1.00 bits per heavy atom. The van der Waals surface area contributed by atoms with Gasteiger partial charge in [0, 0.05) is 63.6 Å². The minimum Gasteiger partial charge on any atom is -0.459 e. The molecule has 4 heterocycles. The number of aliphatic hydroxyl groups excluding tert-OH is 1. The minimum absolute atomic E-state index is 0.0619. The van der Waals surface area contributed by atoms with Crippen LogP contribution >= 0.6 is 0 Å². The monoisotopic (exact) mass is 591 g/mol. The Hall–Kier alpha value is -3.90. The van der Waals surface area contributed by atoms with Crippen molar-refractivity contribution in [1.29, 1.82) is 0 Å². The molecule has 3 aromatic rings. The summed E-state index contributed by atoms with van der Waals surface area (Å²) >= 11 is 0. The smallest absolute Gasteiger partial charge is 0.288 e. The average Bonchev–Trinajstić information content (AvgIpc) is 3.66. The lowest BCUT2D eigenvalue weighted by atomic mass is 9.92. The zero-order valence-electron chi connectivity index (χ0n) is 24.3. The van der Waals surface area contributed by atoms with Crippen molar-refractivity contribution in [1.82, 2.24) is 14.4 Å². The van der Waals surface area contributed by atoms with Gasteiger partial charge in [-0.2, -0.15) is 0 Å². The second kappa shape index (κ2) is 13.2. The number of hydrogen-bond acceptors (Lipinski definition) is 9. The van der Waals surface area contributed by atoms with E-state index in [1.54, 1.807) is 4.57 Å². The summed E-state index contributed by atoms with van der Waals surface area (Å²) in [4.78, 5) is 30.3. The van der Waals surface area contributed by atoms with Crippen LogP contribution in [0.5, 0.6) is 11.5 Å². The van der Waals surface area contributed by atoms with Crippen LogP contribution in [0.15, 0.2) is 60.5 Å². The van der Waals surface area contributed by atoms with Gasteiger partial charge in [0.15, 0.2) is 17.3 Å². The van der Waals surface area contributed by atoms with E-state index in [4.69, 9.17) is 28.8 Å². The molecule has 1 aromatic heterocycles. The molecule has 0 saturated carbocycles. The second-order valence-corrected chi connectivity index (χ2v) is 10.9. The van der Waals surface area contributed by atoms with E-state index in [1.807, 2.05) is 59.6 Å². The second-order valence-electron chi connectivity index (χ2n) is 10.9. The predicted octanol–water partition coefficient (Wildman–Crippen LogP) is 3.11. The van der Waals surface area contributed by atoms with Crippen molar-refractivity contribution in [3.8, 4) is 11.5 Å². The van der Waals surface area contributed by atoms with Crippen molar-refractivity contribution in [2.75, 3.05) is 59.4 Å². The van der Waals surface area contributed by atoms with Crippen molar-refractivity contribution < 1.29 is 38.4 Å². The summed E-state index contributed by atoms with van der Waals surface area (Å²) in [6, 6.07) is 13.8. The van der Waals surface area contributed by atoms with Gasteiger partial charge < -0.3 is 33.7 Å². The fourth-order valence-corrected chi connectivity index (χ4v) is 5.86. The zero-order valence-corrected chi connectivity index (χ0v) is 24.3. The first kappa shape index (κ1) is 29.2. The summed E-state index contributed by atoms with van der Waals surface area (Å²) in [5.74, 6) is 1.33. The standard InChI is InChI=1S/C32H37N3O8/c1-22(37)35-20-26(25-4-2-3-5-27(25)35)24-17-30(43-31(18-24)40-15-14-39-13-12-36)32(38)34-10-8-33(9-11-34)19-23-6-7-28-29(16-23)42-21-41-28/h2-7,16-17,20,24,31,36H,8-15,18-19,21H2,1H3. The molecule has 228 valence electrons. The van der Waals surface area contributed by atoms with Crippen LogP contribution in [0.2, 0.25) is 0 Å². The summed E-state index contributed by atoms with van der Waals surface area (Å²) in [7, 11) is 0. The van der Waals surface area contributed by atoms with E-state index >= 15 is 0 Å². The number of allylic oxidation sites excluding steroid dienone is 1.